The Bertz CT molecular complexity index is 614. The number of para-hydroxylation sites is 1. The predicted molar refractivity (Wildman–Crippen MR) is 80.8 cm³/mol. The topological polar surface area (TPSA) is 60.6 Å². The Balaban J connectivity index is 1.49. The molecule has 0 bridgehead atoms. The van der Waals surface area contributed by atoms with Crippen LogP contribution in [0.5, 0.6) is 5.75 Å². The van der Waals surface area contributed by atoms with E-state index in [1.54, 1.807) is 6.92 Å². The zero-order valence-corrected chi connectivity index (χ0v) is 13.0. The minimum absolute atomic E-state index is 0.121. The Morgan fingerprint density at radius 1 is 1.32 bits per heavy atom. The molecule has 6 heteroatoms. The van der Waals surface area contributed by atoms with E-state index in [1.807, 2.05) is 18.2 Å². The summed E-state index contributed by atoms with van der Waals surface area (Å²) < 4.78 is 16.6. The summed E-state index contributed by atoms with van der Waals surface area (Å²) in [6.45, 7) is 7.67. The van der Waals surface area contributed by atoms with Gasteiger partial charge in [0.25, 0.3) is 0 Å². The number of aromatic nitrogens is 2. The van der Waals surface area contributed by atoms with Gasteiger partial charge in [-0.1, -0.05) is 23.4 Å². The van der Waals surface area contributed by atoms with Gasteiger partial charge < -0.3 is 14.0 Å². The molecule has 118 valence electrons. The van der Waals surface area contributed by atoms with Crippen LogP contribution in [0.3, 0.4) is 0 Å². The minimum Gasteiger partial charge on any atom is -0.492 e. The number of ether oxygens (including phenoxy) is 2. The van der Waals surface area contributed by atoms with Gasteiger partial charge in [0, 0.05) is 26.6 Å². The Morgan fingerprint density at radius 3 is 2.95 bits per heavy atom. The summed E-state index contributed by atoms with van der Waals surface area (Å²) in [5.41, 5.74) is 1.16. The van der Waals surface area contributed by atoms with Crippen LogP contribution in [0.2, 0.25) is 0 Å². The monoisotopic (exact) mass is 303 g/mol. The average Bonchev–Trinajstić information content (AvgIpc) is 2.96. The van der Waals surface area contributed by atoms with Crippen molar-refractivity contribution in [2.75, 3.05) is 32.8 Å². The lowest BCUT2D eigenvalue weighted by molar-refractivity contribution is -0.0379. The molecular weight excluding hydrogens is 282 g/mol. The molecule has 1 aromatic heterocycles. The number of morpholine rings is 1. The molecule has 6 nitrogen and oxygen atoms in total. The van der Waals surface area contributed by atoms with Crippen molar-refractivity contribution in [3.05, 3.63) is 41.5 Å². The summed E-state index contributed by atoms with van der Waals surface area (Å²) in [6, 6.07) is 8.06. The first-order chi connectivity index (χ1) is 10.7. The SMILES string of the molecule is Cc1nc([C@@H]2CN(CCOc3ccccc3C)CCO2)no1. The number of nitrogens with zero attached hydrogens (tertiary/aromatic N) is 3. The highest BCUT2D eigenvalue weighted by atomic mass is 16.5. The van der Waals surface area contributed by atoms with Crippen LogP contribution in [0, 0.1) is 13.8 Å². The van der Waals surface area contributed by atoms with Gasteiger partial charge in [0.15, 0.2) is 0 Å². The number of benzene rings is 1. The van der Waals surface area contributed by atoms with Crippen molar-refractivity contribution in [3.8, 4) is 5.75 Å². The summed E-state index contributed by atoms with van der Waals surface area (Å²) in [5, 5.41) is 3.94. The number of aryl methyl sites for hydroxylation is 2. The Hall–Kier alpha value is -1.92. The molecule has 3 rings (SSSR count). The maximum Gasteiger partial charge on any atom is 0.223 e. The van der Waals surface area contributed by atoms with Crippen molar-refractivity contribution in [1.29, 1.82) is 0 Å². The predicted octanol–water partition coefficient (Wildman–Crippen LogP) is 2.14. The zero-order chi connectivity index (χ0) is 15.4. The van der Waals surface area contributed by atoms with E-state index in [4.69, 9.17) is 14.0 Å². The van der Waals surface area contributed by atoms with E-state index in [2.05, 4.69) is 28.0 Å². The highest BCUT2D eigenvalue weighted by Crippen LogP contribution is 2.20. The number of rotatable bonds is 5. The van der Waals surface area contributed by atoms with Crippen molar-refractivity contribution in [1.82, 2.24) is 15.0 Å². The van der Waals surface area contributed by atoms with E-state index >= 15 is 0 Å². The molecule has 0 spiro atoms. The molecule has 0 radical (unpaired) electrons. The molecular formula is C16H21N3O3. The molecule has 0 amide bonds. The van der Waals surface area contributed by atoms with Crippen molar-refractivity contribution < 1.29 is 14.0 Å². The van der Waals surface area contributed by atoms with Gasteiger partial charge in [0.1, 0.15) is 18.5 Å². The molecule has 0 aliphatic carbocycles. The molecule has 2 heterocycles. The average molecular weight is 303 g/mol. The van der Waals surface area contributed by atoms with E-state index in [0.717, 1.165) is 30.9 Å². The maximum absolute atomic E-state index is 5.85. The van der Waals surface area contributed by atoms with Crippen LogP contribution in [0.15, 0.2) is 28.8 Å². The van der Waals surface area contributed by atoms with Crippen LogP contribution in [0.1, 0.15) is 23.4 Å². The number of hydrogen-bond acceptors (Lipinski definition) is 6. The minimum atomic E-state index is -0.121. The fourth-order valence-electron chi connectivity index (χ4n) is 2.51. The lowest BCUT2D eigenvalue weighted by Gasteiger charge is -2.31. The highest BCUT2D eigenvalue weighted by molar-refractivity contribution is 5.31. The van der Waals surface area contributed by atoms with Gasteiger partial charge in [0.2, 0.25) is 11.7 Å². The van der Waals surface area contributed by atoms with Crippen molar-refractivity contribution in [2.45, 2.75) is 20.0 Å². The fourth-order valence-corrected chi connectivity index (χ4v) is 2.51. The van der Waals surface area contributed by atoms with Crippen molar-refractivity contribution in [2.24, 2.45) is 0 Å². The highest BCUT2D eigenvalue weighted by Gasteiger charge is 2.25. The second-order valence-corrected chi connectivity index (χ2v) is 5.45. The van der Waals surface area contributed by atoms with Crippen LogP contribution in [-0.4, -0.2) is 47.9 Å². The third-order valence-electron chi connectivity index (χ3n) is 3.74. The van der Waals surface area contributed by atoms with E-state index in [1.165, 1.54) is 0 Å². The van der Waals surface area contributed by atoms with E-state index in [0.29, 0.717) is 24.9 Å². The molecule has 1 aromatic carbocycles. The molecule has 1 aliphatic heterocycles. The van der Waals surface area contributed by atoms with Gasteiger partial charge in [-0.3, -0.25) is 4.90 Å². The van der Waals surface area contributed by atoms with Gasteiger partial charge >= 0.3 is 0 Å². The Labute approximate surface area is 130 Å². The smallest absolute Gasteiger partial charge is 0.223 e. The number of hydrogen-bond donors (Lipinski definition) is 0. The molecule has 1 atom stereocenters. The van der Waals surface area contributed by atoms with Crippen LogP contribution in [-0.2, 0) is 4.74 Å². The summed E-state index contributed by atoms with van der Waals surface area (Å²) in [4.78, 5) is 6.55. The normalized spacial score (nSPS) is 19.3. The summed E-state index contributed by atoms with van der Waals surface area (Å²) in [5.74, 6) is 2.14. The summed E-state index contributed by atoms with van der Waals surface area (Å²) in [7, 11) is 0. The lowest BCUT2D eigenvalue weighted by atomic mass is 10.2. The first kappa shape index (κ1) is 15.0. The largest absolute Gasteiger partial charge is 0.492 e. The Morgan fingerprint density at radius 2 is 2.18 bits per heavy atom. The van der Waals surface area contributed by atoms with Crippen LogP contribution in [0.25, 0.3) is 0 Å². The van der Waals surface area contributed by atoms with Gasteiger partial charge in [-0.15, -0.1) is 0 Å². The molecule has 22 heavy (non-hydrogen) atoms. The second kappa shape index (κ2) is 6.89. The van der Waals surface area contributed by atoms with E-state index in [-0.39, 0.29) is 6.10 Å². The second-order valence-electron chi connectivity index (χ2n) is 5.45. The fraction of sp³-hybridized carbons (Fsp3) is 0.500. The first-order valence-electron chi connectivity index (χ1n) is 7.55. The van der Waals surface area contributed by atoms with Crippen LogP contribution < -0.4 is 4.74 Å². The molecule has 0 saturated carbocycles. The third kappa shape index (κ3) is 3.64. The van der Waals surface area contributed by atoms with Crippen LogP contribution in [0.4, 0.5) is 0 Å². The molecule has 0 unspecified atom stereocenters. The standard InChI is InChI=1S/C16H21N3O3/c1-12-5-3-4-6-14(12)20-9-7-19-8-10-21-15(11-19)16-17-13(2)22-18-16/h3-6,15H,7-11H2,1-2H3/t15-/m0/s1. The van der Waals surface area contributed by atoms with Crippen molar-refractivity contribution in [3.63, 3.8) is 0 Å². The van der Waals surface area contributed by atoms with Crippen LogP contribution >= 0.6 is 0 Å². The van der Waals surface area contributed by atoms with Crippen molar-refractivity contribution >= 4 is 0 Å². The maximum atomic E-state index is 5.85. The Kier molecular flexibility index (Phi) is 4.70. The van der Waals surface area contributed by atoms with Gasteiger partial charge in [-0.05, 0) is 18.6 Å². The zero-order valence-electron chi connectivity index (χ0n) is 13.0. The molecule has 1 aliphatic rings. The third-order valence-corrected chi connectivity index (χ3v) is 3.74. The first-order valence-corrected chi connectivity index (χ1v) is 7.55. The lowest BCUT2D eigenvalue weighted by Crippen LogP contribution is -2.40. The molecule has 1 fully saturated rings. The van der Waals surface area contributed by atoms with Gasteiger partial charge in [-0.25, -0.2) is 0 Å². The van der Waals surface area contributed by atoms with E-state index in [9.17, 15) is 0 Å². The molecule has 1 saturated heterocycles. The molecule has 0 N–H and O–H groups in total. The van der Waals surface area contributed by atoms with Gasteiger partial charge in [-0.2, -0.15) is 4.98 Å². The van der Waals surface area contributed by atoms with E-state index < -0.39 is 0 Å². The summed E-state index contributed by atoms with van der Waals surface area (Å²) >= 11 is 0. The quantitative estimate of drug-likeness (QED) is 0.843. The summed E-state index contributed by atoms with van der Waals surface area (Å²) in [6.07, 6.45) is -0.121. The van der Waals surface area contributed by atoms with Gasteiger partial charge in [0.05, 0.1) is 6.61 Å². The molecule has 2 aromatic rings.